The van der Waals surface area contributed by atoms with E-state index >= 15 is 0 Å². The number of rotatable bonds is 2. The molecule has 1 aromatic rings. The van der Waals surface area contributed by atoms with E-state index in [4.69, 9.17) is 4.98 Å². The van der Waals surface area contributed by atoms with Crippen molar-refractivity contribution in [3.63, 3.8) is 0 Å². The molecule has 0 saturated heterocycles. The lowest BCUT2D eigenvalue weighted by molar-refractivity contribution is 0.0299. The summed E-state index contributed by atoms with van der Waals surface area (Å²) >= 11 is 1.81. The maximum Gasteiger partial charge on any atom is 0.113 e. The molecule has 1 aliphatic rings. The average Bonchev–Trinajstić information content (AvgIpc) is 2.60. The normalized spacial score (nSPS) is 25.0. The highest BCUT2D eigenvalue weighted by molar-refractivity contribution is 7.09. The molecule has 1 heterocycles. The van der Waals surface area contributed by atoms with E-state index in [1.54, 1.807) is 0 Å². The summed E-state index contributed by atoms with van der Waals surface area (Å²) in [6, 6.07) is 0. The smallest absolute Gasteiger partial charge is 0.113 e. The van der Waals surface area contributed by atoms with Crippen LogP contribution in [0.4, 0.5) is 0 Å². The third-order valence-corrected chi connectivity index (χ3v) is 5.19. The van der Waals surface area contributed by atoms with Crippen LogP contribution in [-0.2, 0) is 5.54 Å². The molecule has 1 aromatic heterocycles. The molecule has 0 radical (unpaired) electrons. The maximum absolute atomic E-state index is 4.76. The predicted molar refractivity (Wildman–Crippen MR) is 79.0 cm³/mol. The first kappa shape index (κ1) is 14.0. The van der Waals surface area contributed by atoms with E-state index in [0.717, 1.165) is 5.69 Å². The minimum Gasteiger partial charge on any atom is -0.308 e. The highest BCUT2D eigenvalue weighted by Gasteiger charge is 2.48. The van der Waals surface area contributed by atoms with Crippen LogP contribution in [0.1, 0.15) is 57.7 Å². The highest BCUT2D eigenvalue weighted by atomic mass is 32.1. The van der Waals surface area contributed by atoms with Crippen LogP contribution in [0.5, 0.6) is 0 Å². The third-order valence-electron chi connectivity index (χ3n) is 4.02. The van der Waals surface area contributed by atoms with Gasteiger partial charge in [0.05, 0.1) is 5.54 Å². The molecule has 1 aliphatic carbocycles. The van der Waals surface area contributed by atoms with Gasteiger partial charge in [0.2, 0.25) is 0 Å². The molecule has 1 saturated carbocycles. The fourth-order valence-electron chi connectivity index (χ4n) is 4.13. The lowest BCUT2D eigenvalue weighted by Crippen LogP contribution is -2.51. The predicted octanol–water partition coefficient (Wildman–Crippen LogP) is 4.10. The van der Waals surface area contributed by atoms with Crippen molar-refractivity contribution in [3.05, 3.63) is 16.1 Å². The molecule has 0 spiro atoms. The summed E-state index contributed by atoms with van der Waals surface area (Å²) in [7, 11) is 2.09. The van der Waals surface area contributed by atoms with Gasteiger partial charge in [-0.2, -0.15) is 0 Å². The van der Waals surface area contributed by atoms with Crippen molar-refractivity contribution in [2.45, 2.75) is 59.4 Å². The molecule has 0 aromatic carbocycles. The van der Waals surface area contributed by atoms with Crippen LogP contribution in [0.2, 0.25) is 0 Å². The Morgan fingerprint density at radius 1 is 1.11 bits per heavy atom. The number of hydrogen-bond acceptors (Lipinski definition) is 3. The lowest BCUT2D eigenvalue weighted by Gasteiger charge is -2.51. The minimum absolute atomic E-state index is 0.0597. The van der Waals surface area contributed by atoms with Gasteiger partial charge < -0.3 is 5.32 Å². The number of hydrogen-bond donors (Lipinski definition) is 1. The highest BCUT2D eigenvalue weighted by Crippen LogP contribution is 2.54. The number of aromatic nitrogens is 1. The van der Waals surface area contributed by atoms with Crippen LogP contribution in [0.15, 0.2) is 5.38 Å². The third kappa shape index (κ3) is 2.62. The molecule has 2 rings (SSSR count). The molecule has 102 valence electrons. The fourth-order valence-corrected chi connectivity index (χ4v) is 5.13. The van der Waals surface area contributed by atoms with E-state index in [-0.39, 0.29) is 5.54 Å². The SMILES string of the molecule is CNC1(c2nc(C)cs2)CC(C)(C)CC(C)(C)C1. The first-order valence-corrected chi connectivity index (χ1v) is 7.68. The fraction of sp³-hybridized carbons (Fsp3) is 0.800. The van der Waals surface area contributed by atoms with E-state index in [0.29, 0.717) is 10.8 Å². The lowest BCUT2D eigenvalue weighted by atomic mass is 9.58. The van der Waals surface area contributed by atoms with Gasteiger partial charge in [-0.1, -0.05) is 27.7 Å². The van der Waals surface area contributed by atoms with Crippen molar-refractivity contribution >= 4 is 11.3 Å². The van der Waals surface area contributed by atoms with Crippen molar-refractivity contribution in [2.24, 2.45) is 10.8 Å². The van der Waals surface area contributed by atoms with Gasteiger partial charge in [-0.3, -0.25) is 0 Å². The monoisotopic (exact) mass is 266 g/mol. The van der Waals surface area contributed by atoms with Crippen molar-refractivity contribution < 1.29 is 0 Å². The van der Waals surface area contributed by atoms with Gasteiger partial charge in [0.1, 0.15) is 5.01 Å². The maximum atomic E-state index is 4.76. The van der Waals surface area contributed by atoms with Gasteiger partial charge in [-0.25, -0.2) is 4.98 Å². The largest absolute Gasteiger partial charge is 0.308 e. The van der Waals surface area contributed by atoms with Gasteiger partial charge in [0.15, 0.2) is 0 Å². The van der Waals surface area contributed by atoms with E-state index in [1.165, 1.54) is 24.3 Å². The molecule has 3 heteroatoms. The molecule has 1 N–H and O–H groups in total. The molecule has 0 amide bonds. The molecule has 0 aliphatic heterocycles. The Morgan fingerprint density at radius 3 is 2.06 bits per heavy atom. The van der Waals surface area contributed by atoms with Gasteiger partial charge in [-0.15, -0.1) is 11.3 Å². The summed E-state index contributed by atoms with van der Waals surface area (Å²) in [5.74, 6) is 0. The van der Waals surface area contributed by atoms with Crippen LogP contribution in [0.3, 0.4) is 0 Å². The van der Waals surface area contributed by atoms with Gasteiger partial charge in [0.25, 0.3) is 0 Å². The Bertz CT molecular complexity index is 415. The van der Waals surface area contributed by atoms with Gasteiger partial charge >= 0.3 is 0 Å². The number of nitrogens with one attached hydrogen (secondary N) is 1. The molecule has 18 heavy (non-hydrogen) atoms. The number of aryl methyl sites for hydroxylation is 1. The first-order valence-electron chi connectivity index (χ1n) is 6.80. The summed E-state index contributed by atoms with van der Waals surface area (Å²) in [5.41, 5.74) is 1.93. The molecular formula is C15H26N2S. The van der Waals surface area contributed by atoms with Crippen molar-refractivity contribution in [3.8, 4) is 0 Å². The van der Waals surface area contributed by atoms with Crippen LogP contribution in [-0.4, -0.2) is 12.0 Å². The average molecular weight is 266 g/mol. The zero-order valence-electron chi connectivity index (χ0n) is 12.6. The molecule has 0 bridgehead atoms. The van der Waals surface area contributed by atoms with E-state index in [2.05, 4.69) is 52.4 Å². The second kappa shape index (κ2) is 4.31. The summed E-state index contributed by atoms with van der Waals surface area (Å²) in [4.78, 5) is 4.76. The minimum atomic E-state index is 0.0597. The molecule has 1 fully saturated rings. The molecular weight excluding hydrogens is 240 g/mol. The molecule has 0 unspecified atom stereocenters. The summed E-state index contributed by atoms with van der Waals surface area (Å²) in [6.45, 7) is 11.6. The second-order valence-electron chi connectivity index (χ2n) is 7.48. The van der Waals surface area contributed by atoms with Crippen LogP contribution >= 0.6 is 11.3 Å². The van der Waals surface area contributed by atoms with E-state index < -0.39 is 0 Å². The summed E-state index contributed by atoms with van der Waals surface area (Å²) < 4.78 is 0. The first-order chi connectivity index (χ1) is 8.18. The summed E-state index contributed by atoms with van der Waals surface area (Å²) in [5, 5.41) is 7.04. The summed E-state index contributed by atoms with van der Waals surface area (Å²) in [6.07, 6.45) is 3.63. The zero-order valence-corrected chi connectivity index (χ0v) is 13.4. The standard InChI is InChI=1S/C15H26N2S/c1-11-7-18-12(17-11)15(16-6)9-13(2,3)8-14(4,5)10-15/h7,16H,8-10H2,1-6H3. The number of nitrogens with zero attached hydrogens (tertiary/aromatic N) is 1. The molecule has 0 atom stereocenters. The quantitative estimate of drug-likeness (QED) is 0.871. The Hall–Kier alpha value is -0.410. The van der Waals surface area contributed by atoms with Crippen molar-refractivity contribution in [2.75, 3.05) is 7.05 Å². The van der Waals surface area contributed by atoms with Crippen molar-refractivity contribution in [1.29, 1.82) is 0 Å². The Kier molecular flexibility index (Phi) is 3.35. The van der Waals surface area contributed by atoms with Crippen LogP contribution in [0.25, 0.3) is 0 Å². The van der Waals surface area contributed by atoms with E-state index in [1.807, 2.05) is 11.3 Å². The topological polar surface area (TPSA) is 24.9 Å². The Balaban J connectivity index is 2.43. The van der Waals surface area contributed by atoms with E-state index in [9.17, 15) is 0 Å². The Morgan fingerprint density at radius 2 is 1.67 bits per heavy atom. The van der Waals surface area contributed by atoms with Gasteiger partial charge in [-0.05, 0) is 44.1 Å². The number of thiazole rings is 1. The zero-order chi connectivity index (χ0) is 13.6. The van der Waals surface area contributed by atoms with Crippen LogP contribution in [0, 0.1) is 17.8 Å². The van der Waals surface area contributed by atoms with Crippen molar-refractivity contribution in [1.82, 2.24) is 10.3 Å². The molecule has 2 nitrogen and oxygen atoms in total. The van der Waals surface area contributed by atoms with Gasteiger partial charge in [0, 0.05) is 11.1 Å². The van der Waals surface area contributed by atoms with Crippen LogP contribution < -0.4 is 5.32 Å². The Labute approximate surface area is 115 Å². The second-order valence-corrected chi connectivity index (χ2v) is 8.34.